The van der Waals surface area contributed by atoms with Gasteiger partial charge in [-0.3, -0.25) is 0 Å². The molecule has 4 heteroatoms. The molecule has 1 rings (SSSR count). The Morgan fingerprint density at radius 3 is 2.92 bits per heavy atom. The van der Waals surface area contributed by atoms with E-state index in [2.05, 4.69) is 5.32 Å². The van der Waals surface area contributed by atoms with Crippen molar-refractivity contribution in [2.24, 2.45) is 0 Å². The van der Waals surface area contributed by atoms with Crippen LogP contribution in [0.15, 0.2) is 0 Å². The van der Waals surface area contributed by atoms with Gasteiger partial charge >= 0.3 is 5.97 Å². The Balaban J connectivity index is 2.64. The van der Waals surface area contributed by atoms with Gasteiger partial charge in [0, 0.05) is 13.0 Å². The third-order valence-corrected chi connectivity index (χ3v) is 2.11. The Labute approximate surface area is 72.2 Å². The monoisotopic (exact) mass is 173 g/mol. The number of likely N-dealkylation sites (N-methyl/N-ethyl adjacent to an activating group) is 1. The van der Waals surface area contributed by atoms with Crippen LogP contribution in [0.25, 0.3) is 0 Å². The Morgan fingerprint density at radius 1 is 1.75 bits per heavy atom. The zero-order valence-corrected chi connectivity index (χ0v) is 7.55. The Hall–Kier alpha value is -0.610. The van der Waals surface area contributed by atoms with E-state index >= 15 is 0 Å². The summed E-state index contributed by atoms with van der Waals surface area (Å²) < 4.78 is 9.88. The van der Waals surface area contributed by atoms with Gasteiger partial charge in [0.1, 0.15) is 5.54 Å². The van der Waals surface area contributed by atoms with Crippen molar-refractivity contribution in [1.29, 1.82) is 0 Å². The predicted molar refractivity (Wildman–Crippen MR) is 43.9 cm³/mol. The van der Waals surface area contributed by atoms with Crippen LogP contribution in [0.5, 0.6) is 0 Å². The molecule has 0 spiro atoms. The van der Waals surface area contributed by atoms with Crippen LogP contribution in [-0.2, 0) is 14.3 Å². The summed E-state index contributed by atoms with van der Waals surface area (Å²) in [6.45, 7) is 3.76. The molecule has 1 atom stereocenters. The van der Waals surface area contributed by atoms with Crippen molar-refractivity contribution in [3.63, 3.8) is 0 Å². The molecule has 1 fully saturated rings. The average molecular weight is 173 g/mol. The van der Waals surface area contributed by atoms with Crippen LogP contribution in [-0.4, -0.2) is 38.4 Å². The number of hydrogen-bond donors (Lipinski definition) is 1. The number of methoxy groups -OCH3 is 1. The van der Waals surface area contributed by atoms with E-state index in [1.807, 2.05) is 6.92 Å². The van der Waals surface area contributed by atoms with Crippen molar-refractivity contribution >= 4 is 5.97 Å². The maximum absolute atomic E-state index is 11.4. The van der Waals surface area contributed by atoms with Crippen LogP contribution >= 0.6 is 0 Å². The molecule has 0 aromatic rings. The minimum absolute atomic E-state index is 0.221. The summed E-state index contributed by atoms with van der Waals surface area (Å²) in [4.78, 5) is 11.4. The van der Waals surface area contributed by atoms with Crippen molar-refractivity contribution < 1.29 is 14.3 Å². The molecular formula is C8H15NO3. The molecule has 12 heavy (non-hydrogen) atoms. The molecule has 0 aromatic carbocycles. The molecule has 0 aliphatic carbocycles. The molecule has 1 unspecified atom stereocenters. The minimum atomic E-state index is -0.580. The number of esters is 1. The van der Waals surface area contributed by atoms with Gasteiger partial charge in [0.25, 0.3) is 0 Å². The summed E-state index contributed by atoms with van der Waals surface area (Å²) in [5.41, 5.74) is -0.580. The first kappa shape index (κ1) is 9.48. The van der Waals surface area contributed by atoms with Gasteiger partial charge in [0.05, 0.1) is 13.7 Å². The summed E-state index contributed by atoms with van der Waals surface area (Å²) in [5.74, 6) is -0.221. The lowest BCUT2D eigenvalue weighted by Crippen LogP contribution is -2.53. The topological polar surface area (TPSA) is 47.6 Å². The second kappa shape index (κ2) is 3.87. The van der Waals surface area contributed by atoms with E-state index in [1.54, 1.807) is 0 Å². The highest BCUT2D eigenvalue weighted by Gasteiger charge is 2.42. The van der Waals surface area contributed by atoms with E-state index in [0.717, 1.165) is 6.54 Å². The molecule has 1 aliphatic heterocycles. The number of ether oxygens (including phenoxy) is 2. The second-order valence-electron chi connectivity index (χ2n) is 2.91. The minimum Gasteiger partial charge on any atom is -0.468 e. The second-order valence-corrected chi connectivity index (χ2v) is 2.91. The van der Waals surface area contributed by atoms with Gasteiger partial charge in [-0.05, 0) is 6.54 Å². The Morgan fingerprint density at radius 2 is 2.50 bits per heavy atom. The zero-order valence-electron chi connectivity index (χ0n) is 7.55. The number of carbonyl (C=O) groups is 1. The SMILES string of the molecule is CCNC1(C(=O)OC)CCOC1. The van der Waals surface area contributed by atoms with E-state index < -0.39 is 5.54 Å². The Kier molecular flexibility index (Phi) is 3.05. The normalized spacial score (nSPS) is 28.8. The lowest BCUT2D eigenvalue weighted by atomic mass is 9.99. The van der Waals surface area contributed by atoms with Gasteiger partial charge in [0.15, 0.2) is 0 Å². The molecule has 4 nitrogen and oxygen atoms in total. The van der Waals surface area contributed by atoms with Gasteiger partial charge in [-0.15, -0.1) is 0 Å². The molecule has 1 aliphatic rings. The molecule has 1 heterocycles. The quantitative estimate of drug-likeness (QED) is 0.607. The summed E-state index contributed by atoms with van der Waals surface area (Å²) in [6.07, 6.45) is 0.702. The molecule has 1 saturated heterocycles. The number of rotatable bonds is 3. The van der Waals surface area contributed by atoms with Gasteiger partial charge in [0.2, 0.25) is 0 Å². The molecule has 1 N–H and O–H groups in total. The number of nitrogens with one attached hydrogen (secondary N) is 1. The fraction of sp³-hybridized carbons (Fsp3) is 0.875. The fourth-order valence-electron chi connectivity index (χ4n) is 1.47. The third-order valence-electron chi connectivity index (χ3n) is 2.11. The molecular weight excluding hydrogens is 158 g/mol. The van der Waals surface area contributed by atoms with Gasteiger partial charge in [-0.25, -0.2) is 4.79 Å². The van der Waals surface area contributed by atoms with Crippen molar-refractivity contribution in [1.82, 2.24) is 5.32 Å². The largest absolute Gasteiger partial charge is 0.468 e. The van der Waals surface area contributed by atoms with E-state index in [4.69, 9.17) is 9.47 Å². The highest BCUT2D eigenvalue weighted by molar-refractivity contribution is 5.81. The summed E-state index contributed by atoms with van der Waals surface area (Å²) in [6, 6.07) is 0. The predicted octanol–water partition coefficient (Wildman–Crippen LogP) is -0.0720. The van der Waals surface area contributed by atoms with Crippen molar-refractivity contribution in [3.8, 4) is 0 Å². The van der Waals surface area contributed by atoms with E-state index in [9.17, 15) is 4.79 Å². The zero-order chi connectivity index (χ0) is 9.03. The first-order chi connectivity index (χ1) is 5.75. The third kappa shape index (κ3) is 1.59. The maximum Gasteiger partial charge on any atom is 0.328 e. The van der Waals surface area contributed by atoms with Crippen molar-refractivity contribution in [3.05, 3.63) is 0 Å². The van der Waals surface area contributed by atoms with Gasteiger partial charge in [-0.1, -0.05) is 6.92 Å². The first-order valence-electron chi connectivity index (χ1n) is 4.16. The Bertz CT molecular complexity index is 164. The standard InChI is InChI=1S/C8H15NO3/c1-3-9-8(7(10)11-2)4-5-12-6-8/h9H,3-6H2,1-2H3. The van der Waals surface area contributed by atoms with Crippen LogP contribution in [0.3, 0.4) is 0 Å². The summed E-state index contributed by atoms with van der Waals surface area (Å²) in [7, 11) is 1.40. The number of hydrogen-bond acceptors (Lipinski definition) is 4. The molecule has 0 saturated carbocycles. The highest BCUT2D eigenvalue weighted by atomic mass is 16.5. The maximum atomic E-state index is 11.4. The van der Waals surface area contributed by atoms with Gasteiger partial charge in [-0.2, -0.15) is 0 Å². The van der Waals surface area contributed by atoms with Crippen LogP contribution in [0, 0.1) is 0 Å². The average Bonchev–Trinajstić information content (AvgIpc) is 2.53. The van der Waals surface area contributed by atoms with Crippen molar-refractivity contribution in [2.75, 3.05) is 26.9 Å². The summed E-state index contributed by atoms with van der Waals surface area (Å²) >= 11 is 0. The highest BCUT2D eigenvalue weighted by Crippen LogP contribution is 2.19. The lowest BCUT2D eigenvalue weighted by Gasteiger charge is -2.24. The molecule has 0 amide bonds. The van der Waals surface area contributed by atoms with Crippen LogP contribution in [0.1, 0.15) is 13.3 Å². The first-order valence-corrected chi connectivity index (χ1v) is 4.16. The summed E-state index contributed by atoms with van der Waals surface area (Å²) in [5, 5.41) is 3.11. The van der Waals surface area contributed by atoms with Crippen LogP contribution in [0.4, 0.5) is 0 Å². The smallest absolute Gasteiger partial charge is 0.328 e. The molecule has 70 valence electrons. The molecule has 0 radical (unpaired) electrons. The number of carbonyl (C=O) groups excluding carboxylic acids is 1. The van der Waals surface area contributed by atoms with E-state index in [-0.39, 0.29) is 5.97 Å². The van der Waals surface area contributed by atoms with E-state index in [0.29, 0.717) is 19.6 Å². The molecule has 0 aromatic heterocycles. The van der Waals surface area contributed by atoms with Crippen molar-refractivity contribution in [2.45, 2.75) is 18.9 Å². The molecule has 0 bridgehead atoms. The van der Waals surface area contributed by atoms with Crippen LogP contribution in [0.2, 0.25) is 0 Å². The van der Waals surface area contributed by atoms with Gasteiger partial charge < -0.3 is 14.8 Å². The van der Waals surface area contributed by atoms with Crippen LogP contribution < -0.4 is 5.32 Å². The lowest BCUT2D eigenvalue weighted by molar-refractivity contribution is -0.148. The van der Waals surface area contributed by atoms with E-state index in [1.165, 1.54) is 7.11 Å². The fourth-order valence-corrected chi connectivity index (χ4v) is 1.47.